The lowest BCUT2D eigenvalue weighted by Gasteiger charge is -2.06. The van der Waals surface area contributed by atoms with E-state index in [1.165, 1.54) is 11.3 Å². The number of nitriles is 1. The molecule has 0 spiro atoms. The van der Waals surface area contributed by atoms with Gasteiger partial charge in [-0.1, -0.05) is 19.9 Å². The molecule has 0 aliphatic heterocycles. The Morgan fingerprint density at radius 1 is 1.57 bits per heavy atom. The summed E-state index contributed by atoms with van der Waals surface area (Å²) in [6.45, 7) is 9.02. The molecular weight excluding hydrogens is 284 g/mol. The predicted octanol–water partition coefficient (Wildman–Crippen LogP) is 2.97. The van der Waals surface area contributed by atoms with Gasteiger partial charge in [0.05, 0.1) is 5.69 Å². The molecule has 0 atom stereocenters. The largest absolute Gasteiger partial charge is 0.396 e. The highest BCUT2D eigenvalue weighted by molar-refractivity contribution is 7.18. The van der Waals surface area contributed by atoms with Crippen LogP contribution < -0.4 is 16.4 Å². The highest BCUT2D eigenvalue weighted by Gasteiger charge is 2.20. The van der Waals surface area contributed by atoms with Crippen molar-refractivity contribution in [2.24, 2.45) is 5.92 Å². The van der Waals surface area contributed by atoms with E-state index in [2.05, 4.69) is 37.1 Å². The molecule has 4 N–H and O–H groups in total. The molecule has 0 aliphatic rings. The van der Waals surface area contributed by atoms with Gasteiger partial charge in [0.2, 0.25) is 0 Å². The average molecular weight is 306 g/mol. The van der Waals surface area contributed by atoms with Crippen LogP contribution in [-0.4, -0.2) is 19.0 Å². The fraction of sp³-hybridized carbons (Fsp3) is 0.467. The number of amides is 1. The standard InChI is InChI=1S/C15H22N4OS/c1-4-7-18-14(20)13-12(17)11(9-16)15(21-13)19-8-5-6-10(2)3/h4,10,19H,1,5-8,17H2,2-3H3,(H,18,20). The second-order valence-corrected chi connectivity index (χ2v) is 6.14. The topological polar surface area (TPSA) is 90.9 Å². The second-order valence-electron chi connectivity index (χ2n) is 5.12. The number of carbonyl (C=O) groups excluding carboxylic acids is 1. The van der Waals surface area contributed by atoms with Crippen LogP contribution in [0.1, 0.15) is 41.9 Å². The Bertz CT molecular complexity index is 543. The third-order valence-electron chi connectivity index (χ3n) is 2.91. The van der Waals surface area contributed by atoms with Crippen molar-refractivity contribution in [1.29, 1.82) is 5.26 Å². The monoisotopic (exact) mass is 306 g/mol. The van der Waals surface area contributed by atoms with Gasteiger partial charge in [0.1, 0.15) is 21.5 Å². The minimum atomic E-state index is -0.274. The molecule has 5 nitrogen and oxygen atoms in total. The molecule has 6 heteroatoms. The first-order valence-corrected chi connectivity index (χ1v) is 7.78. The minimum absolute atomic E-state index is 0.246. The zero-order chi connectivity index (χ0) is 15.8. The minimum Gasteiger partial charge on any atom is -0.396 e. The molecular formula is C15H22N4OS. The van der Waals surface area contributed by atoms with Crippen molar-refractivity contribution >= 4 is 27.9 Å². The summed E-state index contributed by atoms with van der Waals surface area (Å²) in [5.41, 5.74) is 6.50. The van der Waals surface area contributed by atoms with E-state index in [1.807, 2.05) is 0 Å². The van der Waals surface area contributed by atoms with Gasteiger partial charge >= 0.3 is 0 Å². The van der Waals surface area contributed by atoms with Gasteiger partial charge in [0.25, 0.3) is 5.91 Å². The number of nitrogens with one attached hydrogen (secondary N) is 2. The molecule has 0 radical (unpaired) electrons. The first kappa shape index (κ1) is 17.1. The summed E-state index contributed by atoms with van der Waals surface area (Å²) >= 11 is 1.22. The van der Waals surface area contributed by atoms with Gasteiger partial charge in [-0.2, -0.15) is 5.26 Å². The van der Waals surface area contributed by atoms with Crippen molar-refractivity contribution < 1.29 is 4.79 Å². The molecule has 0 saturated carbocycles. The first-order chi connectivity index (χ1) is 10.0. The van der Waals surface area contributed by atoms with Crippen molar-refractivity contribution in [3.05, 3.63) is 23.1 Å². The van der Waals surface area contributed by atoms with E-state index in [4.69, 9.17) is 5.73 Å². The second kappa shape index (κ2) is 8.32. The van der Waals surface area contributed by atoms with Gasteiger partial charge in [-0.05, 0) is 18.8 Å². The average Bonchev–Trinajstić information content (AvgIpc) is 2.77. The van der Waals surface area contributed by atoms with E-state index in [0.29, 0.717) is 27.9 Å². The molecule has 1 amide bonds. The lowest BCUT2D eigenvalue weighted by atomic mass is 10.1. The summed E-state index contributed by atoms with van der Waals surface area (Å²) in [5, 5.41) is 15.8. The van der Waals surface area contributed by atoms with E-state index in [-0.39, 0.29) is 11.6 Å². The normalized spacial score (nSPS) is 10.2. The molecule has 1 aromatic heterocycles. The zero-order valence-corrected chi connectivity index (χ0v) is 13.3. The van der Waals surface area contributed by atoms with Crippen molar-refractivity contribution in [2.75, 3.05) is 24.1 Å². The third-order valence-corrected chi connectivity index (χ3v) is 4.08. The van der Waals surface area contributed by atoms with Crippen LogP contribution in [0.5, 0.6) is 0 Å². The van der Waals surface area contributed by atoms with Gasteiger partial charge in [-0.3, -0.25) is 4.79 Å². The Kier molecular flexibility index (Phi) is 6.76. The van der Waals surface area contributed by atoms with Gasteiger partial charge in [-0.15, -0.1) is 17.9 Å². The number of nitrogen functional groups attached to an aromatic ring is 1. The fourth-order valence-electron chi connectivity index (χ4n) is 1.81. The summed E-state index contributed by atoms with van der Waals surface area (Å²) in [4.78, 5) is 12.3. The van der Waals surface area contributed by atoms with Crippen LogP contribution in [0.25, 0.3) is 0 Å². The number of nitrogens with two attached hydrogens (primary N) is 1. The number of nitrogens with zero attached hydrogens (tertiary/aromatic N) is 1. The van der Waals surface area contributed by atoms with Crippen LogP contribution in [-0.2, 0) is 0 Å². The molecule has 21 heavy (non-hydrogen) atoms. The molecule has 0 fully saturated rings. The highest BCUT2D eigenvalue weighted by Crippen LogP contribution is 2.35. The van der Waals surface area contributed by atoms with Crippen LogP contribution in [0.3, 0.4) is 0 Å². The number of carbonyl (C=O) groups is 1. The van der Waals surface area contributed by atoms with Gasteiger partial charge < -0.3 is 16.4 Å². The van der Waals surface area contributed by atoms with Crippen molar-refractivity contribution in [2.45, 2.75) is 26.7 Å². The number of thiophene rings is 1. The van der Waals surface area contributed by atoms with E-state index < -0.39 is 0 Å². The van der Waals surface area contributed by atoms with E-state index in [9.17, 15) is 10.1 Å². The molecule has 1 aromatic rings. The van der Waals surface area contributed by atoms with Crippen LogP contribution in [0, 0.1) is 17.2 Å². The Labute approximate surface area is 129 Å². The lowest BCUT2D eigenvalue weighted by molar-refractivity contribution is 0.0963. The smallest absolute Gasteiger partial charge is 0.263 e. The third kappa shape index (κ3) is 4.80. The number of hydrogen-bond donors (Lipinski definition) is 3. The number of hydrogen-bond acceptors (Lipinski definition) is 5. The predicted molar refractivity (Wildman–Crippen MR) is 88.5 cm³/mol. The van der Waals surface area contributed by atoms with Crippen LogP contribution in [0.4, 0.5) is 10.7 Å². The quantitative estimate of drug-likeness (QED) is 0.508. The molecule has 0 bridgehead atoms. The number of rotatable bonds is 8. The van der Waals surface area contributed by atoms with Crippen LogP contribution >= 0.6 is 11.3 Å². The Hall–Kier alpha value is -2.00. The summed E-state index contributed by atoms with van der Waals surface area (Å²) in [7, 11) is 0. The summed E-state index contributed by atoms with van der Waals surface area (Å²) in [6, 6.07) is 2.07. The maximum Gasteiger partial charge on any atom is 0.263 e. The van der Waals surface area contributed by atoms with Gasteiger partial charge in [0.15, 0.2) is 0 Å². The maximum absolute atomic E-state index is 12.0. The summed E-state index contributed by atoms with van der Waals surface area (Å²) in [6.07, 6.45) is 3.72. The van der Waals surface area contributed by atoms with Crippen LogP contribution in [0.2, 0.25) is 0 Å². The summed E-state index contributed by atoms with van der Waals surface area (Å²) in [5.74, 6) is 0.375. The molecule has 114 valence electrons. The van der Waals surface area contributed by atoms with Crippen molar-refractivity contribution in [1.82, 2.24) is 5.32 Å². The first-order valence-electron chi connectivity index (χ1n) is 6.96. The van der Waals surface area contributed by atoms with Crippen LogP contribution in [0.15, 0.2) is 12.7 Å². The molecule has 0 aromatic carbocycles. The fourth-order valence-corrected chi connectivity index (χ4v) is 2.82. The zero-order valence-electron chi connectivity index (χ0n) is 12.5. The molecule has 0 unspecified atom stereocenters. The Balaban J connectivity index is 2.78. The summed E-state index contributed by atoms with van der Waals surface area (Å²) < 4.78 is 0. The van der Waals surface area contributed by atoms with Crippen molar-refractivity contribution in [3.63, 3.8) is 0 Å². The molecule has 1 heterocycles. The van der Waals surface area contributed by atoms with Gasteiger partial charge in [0, 0.05) is 13.1 Å². The molecule has 1 rings (SSSR count). The Morgan fingerprint density at radius 2 is 2.29 bits per heavy atom. The Morgan fingerprint density at radius 3 is 2.86 bits per heavy atom. The van der Waals surface area contributed by atoms with Gasteiger partial charge in [-0.25, -0.2) is 0 Å². The number of anilines is 2. The van der Waals surface area contributed by atoms with E-state index >= 15 is 0 Å². The van der Waals surface area contributed by atoms with E-state index in [0.717, 1.165) is 19.4 Å². The molecule has 0 aliphatic carbocycles. The molecule has 0 saturated heterocycles. The maximum atomic E-state index is 12.0. The SMILES string of the molecule is C=CCNC(=O)c1sc(NCCCC(C)C)c(C#N)c1N. The highest BCUT2D eigenvalue weighted by atomic mass is 32.1. The lowest BCUT2D eigenvalue weighted by Crippen LogP contribution is -2.23. The van der Waals surface area contributed by atoms with E-state index in [1.54, 1.807) is 6.08 Å². The van der Waals surface area contributed by atoms with Crippen molar-refractivity contribution in [3.8, 4) is 6.07 Å².